The van der Waals surface area contributed by atoms with E-state index in [1.165, 1.54) is 0 Å². The number of carbonyl (C=O) groups excluding carboxylic acids is 1. The highest BCUT2D eigenvalue weighted by Gasteiger charge is 2.50. The molecule has 0 aromatic heterocycles. The number of carbonyl (C=O) groups is 2. The number of hydrogen-bond acceptors (Lipinski definition) is 3. The van der Waals surface area contributed by atoms with Crippen molar-refractivity contribution in [2.75, 3.05) is 0 Å². The zero-order chi connectivity index (χ0) is 9.59. The van der Waals surface area contributed by atoms with Crippen LogP contribution in [0.15, 0.2) is 0 Å². The predicted molar refractivity (Wildman–Crippen MR) is 46.4 cm³/mol. The molecule has 72 valence electrons. The second kappa shape index (κ2) is 2.97. The van der Waals surface area contributed by atoms with Gasteiger partial charge in [0.2, 0.25) is 0 Å². The number of hydrogen-bond donors (Lipinski definition) is 1. The highest BCUT2D eigenvalue weighted by Crippen LogP contribution is 2.41. The van der Waals surface area contributed by atoms with Crippen molar-refractivity contribution < 1.29 is 19.4 Å². The first-order valence-corrected chi connectivity index (χ1v) is 5.08. The average molecular weight is 249 g/mol. The lowest BCUT2D eigenvalue weighted by molar-refractivity contribution is -0.150. The molecule has 1 heterocycles. The van der Waals surface area contributed by atoms with Crippen LogP contribution >= 0.6 is 15.9 Å². The monoisotopic (exact) mass is 248 g/mol. The van der Waals surface area contributed by atoms with E-state index >= 15 is 0 Å². The quantitative estimate of drug-likeness (QED) is 0.551. The van der Waals surface area contributed by atoms with E-state index in [0.29, 0.717) is 12.8 Å². The van der Waals surface area contributed by atoms with Crippen LogP contribution in [0, 0.1) is 11.8 Å². The van der Waals surface area contributed by atoms with Gasteiger partial charge in [-0.15, -0.1) is 0 Å². The summed E-state index contributed by atoms with van der Waals surface area (Å²) in [5.41, 5.74) is 0. The first kappa shape index (κ1) is 8.99. The summed E-state index contributed by atoms with van der Waals surface area (Å²) in [7, 11) is 0. The van der Waals surface area contributed by atoms with Crippen LogP contribution in [0.2, 0.25) is 0 Å². The minimum absolute atomic E-state index is 0.00343. The molecule has 4 nitrogen and oxygen atoms in total. The molecule has 1 aliphatic heterocycles. The van der Waals surface area contributed by atoms with Crippen molar-refractivity contribution in [1.29, 1.82) is 0 Å². The molecule has 2 bridgehead atoms. The van der Waals surface area contributed by atoms with Crippen LogP contribution in [0.3, 0.4) is 0 Å². The fraction of sp³-hybridized carbons (Fsp3) is 0.750. The van der Waals surface area contributed by atoms with Crippen LogP contribution in [-0.2, 0) is 14.3 Å². The van der Waals surface area contributed by atoms with Crippen LogP contribution in [0.25, 0.3) is 0 Å². The van der Waals surface area contributed by atoms with Crippen molar-refractivity contribution in [2.45, 2.75) is 23.8 Å². The zero-order valence-corrected chi connectivity index (χ0v) is 8.36. The topological polar surface area (TPSA) is 63.6 Å². The summed E-state index contributed by atoms with van der Waals surface area (Å²) in [6, 6.07) is 0. The van der Waals surface area contributed by atoms with Gasteiger partial charge in [-0.05, 0) is 12.8 Å². The van der Waals surface area contributed by atoms with E-state index in [9.17, 15) is 9.59 Å². The molecule has 4 atom stereocenters. The van der Waals surface area contributed by atoms with Gasteiger partial charge in [0, 0.05) is 0 Å². The van der Waals surface area contributed by atoms with E-state index < -0.39 is 17.8 Å². The van der Waals surface area contributed by atoms with Gasteiger partial charge >= 0.3 is 11.9 Å². The molecular formula is C8H9BrO4. The van der Waals surface area contributed by atoms with Crippen molar-refractivity contribution in [2.24, 2.45) is 11.8 Å². The lowest BCUT2D eigenvalue weighted by Gasteiger charge is -2.25. The first-order chi connectivity index (χ1) is 6.09. The van der Waals surface area contributed by atoms with E-state index in [2.05, 4.69) is 15.9 Å². The highest BCUT2D eigenvalue weighted by molar-refractivity contribution is 9.09. The van der Waals surface area contributed by atoms with Crippen LogP contribution in [0.5, 0.6) is 0 Å². The van der Waals surface area contributed by atoms with Gasteiger partial charge in [0.15, 0.2) is 0 Å². The molecule has 2 aliphatic rings. The van der Waals surface area contributed by atoms with Crippen LogP contribution in [-0.4, -0.2) is 28.0 Å². The number of ether oxygens (including phenoxy) is 1. The Bertz CT molecular complexity index is 265. The van der Waals surface area contributed by atoms with Crippen LogP contribution < -0.4 is 0 Å². The Morgan fingerprint density at radius 1 is 1.54 bits per heavy atom. The van der Waals surface area contributed by atoms with Gasteiger partial charge in [0.25, 0.3) is 0 Å². The molecule has 1 saturated heterocycles. The van der Waals surface area contributed by atoms with Crippen molar-refractivity contribution in [3.8, 4) is 0 Å². The van der Waals surface area contributed by atoms with Gasteiger partial charge in [0.1, 0.15) is 6.10 Å². The number of fused-ring (bicyclic) bond motifs is 2. The van der Waals surface area contributed by atoms with E-state index in [1.54, 1.807) is 0 Å². The SMILES string of the molecule is O=C(O)C1CC(Br)C2CC1C(=O)O2. The molecule has 1 saturated carbocycles. The summed E-state index contributed by atoms with van der Waals surface area (Å²) in [4.78, 5) is 22.0. The maximum atomic E-state index is 11.2. The van der Waals surface area contributed by atoms with Gasteiger partial charge in [-0.3, -0.25) is 9.59 Å². The Morgan fingerprint density at radius 2 is 2.23 bits per heavy atom. The maximum Gasteiger partial charge on any atom is 0.310 e. The third-order valence-electron chi connectivity index (χ3n) is 2.74. The molecule has 0 aromatic carbocycles. The third kappa shape index (κ3) is 1.35. The smallest absolute Gasteiger partial charge is 0.310 e. The van der Waals surface area contributed by atoms with Crippen molar-refractivity contribution >= 4 is 27.9 Å². The molecule has 2 fully saturated rings. The van der Waals surface area contributed by atoms with E-state index in [0.717, 1.165) is 0 Å². The lowest BCUT2D eigenvalue weighted by Crippen LogP contribution is -2.34. The van der Waals surface area contributed by atoms with Crippen molar-refractivity contribution in [1.82, 2.24) is 0 Å². The summed E-state index contributed by atoms with van der Waals surface area (Å²) < 4.78 is 5.03. The molecule has 0 aromatic rings. The largest absolute Gasteiger partial charge is 0.481 e. The summed E-state index contributed by atoms with van der Waals surface area (Å²) in [6.07, 6.45) is 0.912. The summed E-state index contributed by atoms with van der Waals surface area (Å²) in [5, 5.41) is 8.87. The summed E-state index contributed by atoms with van der Waals surface area (Å²) in [6.45, 7) is 0. The Morgan fingerprint density at radius 3 is 2.85 bits per heavy atom. The number of esters is 1. The minimum Gasteiger partial charge on any atom is -0.481 e. The average Bonchev–Trinajstić information content (AvgIpc) is 2.37. The standard InChI is InChI=1S/C8H9BrO4/c9-5-1-3(7(10)11)4-2-6(5)13-8(4)12/h3-6H,1-2H2,(H,10,11). The fourth-order valence-corrected chi connectivity index (χ4v) is 2.74. The Labute approximate surface area is 83.4 Å². The maximum absolute atomic E-state index is 11.2. The predicted octanol–water partition coefficient (Wildman–Crippen LogP) is 0.786. The van der Waals surface area contributed by atoms with Crippen molar-refractivity contribution in [3.05, 3.63) is 0 Å². The molecule has 1 aliphatic carbocycles. The number of halogens is 1. The van der Waals surface area contributed by atoms with Gasteiger partial charge in [0.05, 0.1) is 16.7 Å². The lowest BCUT2D eigenvalue weighted by atomic mass is 9.80. The highest BCUT2D eigenvalue weighted by atomic mass is 79.9. The van der Waals surface area contributed by atoms with Gasteiger partial charge in [-0.2, -0.15) is 0 Å². The zero-order valence-electron chi connectivity index (χ0n) is 6.77. The Hall–Kier alpha value is -0.580. The number of carboxylic acid groups (broad SMARTS) is 1. The molecular weight excluding hydrogens is 240 g/mol. The van der Waals surface area contributed by atoms with Crippen LogP contribution in [0.1, 0.15) is 12.8 Å². The molecule has 1 N–H and O–H groups in total. The third-order valence-corrected chi connectivity index (χ3v) is 3.71. The molecule has 0 amide bonds. The fourth-order valence-electron chi connectivity index (χ4n) is 2.01. The number of rotatable bonds is 1. The Kier molecular flexibility index (Phi) is 2.06. The van der Waals surface area contributed by atoms with E-state index in [-0.39, 0.29) is 16.9 Å². The second-order valence-corrected chi connectivity index (χ2v) is 4.69. The molecule has 5 heteroatoms. The number of carboxylic acids is 1. The summed E-state index contributed by atoms with van der Waals surface area (Å²) >= 11 is 3.34. The Balaban J connectivity index is 2.22. The first-order valence-electron chi connectivity index (χ1n) is 4.17. The summed E-state index contributed by atoms with van der Waals surface area (Å²) in [5.74, 6) is -2.24. The van der Waals surface area contributed by atoms with Gasteiger partial charge in [-0.25, -0.2) is 0 Å². The minimum atomic E-state index is -0.897. The molecule has 0 spiro atoms. The van der Waals surface area contributed by atoms with Gasteiger partial charge < -0.3 is 9.84 Å². The normalized spacial score (nSPS) is 43.0. The van der Waals surface area contributed by atoms with E-state index in [1.807, 2.05) is 0 Å². The second-order valence-electron chi connectivity index (χ2n) is 3.51. The van der Waals surface area contributed by atoms with Gasteiger partial charge in [-0.1, -0.05) is 15.9 Å². The molecule has 4 unspecified atom stereocenters. The molecule has 13 heavy (non-hydrogen) atoms. The number of alkyl halides is 1. The number of aliphatic carboxylic acids is 1. The van der Waals surface area contributed by atoms with E-state index in [4.69, 9.17) is 9.84 Å². The molecule has 0 radical (unpaired) electrons. The van der Waals surface area contributed by atoms with Crippen LogP contribution in [0.4, 0.5) is 0 Å². The molecule has 2 rings (SSSR count). The van der Waals surface area contributed by atoms with Crippen molar-refractivity contribution in [3.63, 3.8) is 0 Å².